The molecule has 0 fully saturated rings. The van der Waals surface area contributed by atoms with E-state index >= 15 is 0 Å². The molecule has 0 aliphatic heterocycles. The minimum Gasteiger partial charge on any atom is -0.252 e. The van der Waals surface area contributed by atoms with Gasteiger partial charge in [-0.1, -0.05) is 60.2 Å². The molecule has 2 aromatic carbocycles. The van der Waals surface area contributed by atoms with Gasteiger partial charge in [0.25, 0.3) is 0 Å². The molecule has 0 bridgehead atoms. The third-order valence-electron chi connectivity index (χ3n) is 3.63. The Morgan fingerprint density at radius 2 is 1.70 bits per heavy atom. The van der Waals surface area contributed by atoms with Crippen molar-refractivity contribution in [2.45, 2.75) is 20.8 Å². The molecule has 0 saturated heterocycles. The minimum atomic E-state index is 0.813. The van der Waals surface area contributed by atoms with Crippen LogP contribution in [-0.2, 0) is 0 Å². The fourth-order valence-corrected chi connectivity index (χ4v) is 3.08. The number of hydrazone groups is 1. The van der Waals surface area contributed by atoms with E-state index in [1.165, 1.54) is 10.4 Å². The van der Waals surface area contributed by atoms with Crippen LogP contribution in [0, 0.1) is 13.8 Å². The maximum absolute atomic E-state index is 4.66. The zero-order chi connectivity index (χ0) is 16.2. The van der Waals surface area contributed by atoms with Crippen LogP contribution in [0.2, 0.25) is 0 Å². The lowest BCUT2D eigenvalue weighted by Crippen LogP contribution is -1.99. The van der Waals surface area contributed by atoms with Gasteiger partial charge in [-0.25, -0.2) is 4.98 Å². The number of hydrogen-bond donors (Lipinski definition) is 1. The van der Waals surface area contributed by atoms with E-state index in [0.717, 1.165) is 27.7 Å². The van der Waals surface area contributed by atoms with Gasteiger partial charge in [0.05, 0.1) is 11.4 Å². The smallest absolute Gasteiger partial charge is 0.204 e. The van der Waals surface area contributed by atoms with Crippen molar-refractivity contribution in [1.82, 2.24) is 4.98 Å². The standard InChI is InChI=1S/C19H19N3S/c1-13-9-11-16(12-10-13)14(2)21-22-19-20-18(15(3)23-19)17-7-5-4-6-8-17/h4-12H,1-3H3,(H,20,22). The van der Waals surface area contributed by atoms with E-state index in [1.54, 1.807) is 11.3 Å². The Hall–Kier alpha value is -2.46. The van der Waals surface area contributed by atoms with Crippen LogP contribution in [-0.4, -0.2) is 10.7 Å². The molecule has 0 aliphatic carbocycles. The predicted molar refractivity (Wildman–Crippen MR) is 99.3 cm³/mol. The Kier molecular flexibility index (Phi) is 4.53. The number of rotatable bonds is 4. The molecule has 1 aromatic heterocycles. The van der Waals surface area contributed by atoms with Crippen molar-refractivity contribution in [1.29, 1.82) is 0 Å². The normalized spacial score (nSPS) is 11.5. The number of aromatic nitrogens is 1. The quantitative estimate of drug-likeness (QED) is 0.525. The second-order valence-electron chi connectivity index (χ2n) is 5.46. The molecule has 0 amide bonds. The maximum Gasteiger partial charge on any atom is 0.204 e. The Labute approximate surface area is 140 Å². The average molecular weight is 321 g/mol. The summed E-state index contributed by atoms with van der Waals surface area (Å²) in [4.78, 5) is 5.84. The molecule has 0 aliphatic rings. The number of anilines is 1. The van der Waals surface area contributed by atoms with Crippen molar-refractivity contribution in [3.63, 3.8) is 0 Å². The first-order chi connectivity index (χ1) is 11.1. The van der Waals surface area contributed by atoms with Crippen molar-refractivity contribution in [3.8, 4) is 11.3 Å². The average Bonchev–Trinajstić information content (AvgIpc) is 2.95. The fraction of sp³-hybridized carbons (Fsp3) is 0.158. The van der Waals surface area contributed by atoms with E-state index in [9.17, 15) is 0 Å². The summed E-state index contributed by atoms with van der Waals surface area (Å²) < 4.78 is 0. The molecule has 0 spiro atoms. The van der Waals surface area contributed by atoms with Crippen LogP contribution in [0.15, 0.2) is 59.7 Å². The van der Waals surface area contributed by atoms with Gasteiger partial charge >= 0.3 is 0 Å². The van der Waals surface area contributed by atoms with E-state index < -0.39 is 0 Å². The van der Waals surface area contributed by atoms with Crippen molar-refractivity contribution >= 4 is 22.2 Å². The topological polar surface area (TPSA) is 37.3 Å². The number of hydrogen-bond acceptors (Lipinski definition) is 4. The predicted octanol–water partition coefficient (Wildman–Crippen LogP) is 5.26. The molecule has 0 atom stereocenters. The molecule has 116 valence electrons. The maximum atomic E-state index is 4.66. The summed E-state index contributed by atoms with van der Waals surface area (Å²) in [5.41, 5.74) is 8.53. The molecule has 23 heavy (non-hydrogen) atoms. The van der Waals surface area contributed by atoms with Crippen molar-refractivity contribution in [2.75, 3.05) is 5.43 Å². The van der Waals surface area contributed by atoms with E-state index in [-0.39, 0.29) is 0 Å². The van der Waals surface area contributed by atoms with Crippen LogP contribution in [0.5, 0.6) is 0 Å². The van der Waals surface area contributed by atoms with Gasteiger partial charge in [-0.3, -0.25) is 5.43 Å². The molecule has 3 aromatic rings. The molecular weight excluding hydrogens is 302 g/mol. The van der Waals surface area contributed by atoms with Crippen LogP contribution in [0.25, 0.3) is 11.3 Å². The number of benzene rings is 2. The summed E-state index contributed by atoms with van der Waals surface area (Å²) in [5.74, 6) is 0. The Morgan fingerprint density at radius 3 is 2.39 bits per heavy atom. The molecule has 1 heterocycles. The lowest BCUT2D eigenvalue weighted by Gasteiger charge is -2.02. The molecule has 4 heteroatoms. The third-order valence-corrected chi connectivity index (χ3v) is 4.51. The Bertz CT molecular complexity index is 818. The molecule has 0 unspecified atom stereocenters. The largest absolute Gasteiger partial charge is 0.252 e. The van der Waals surface area contributed by atoms with Crippen LogP contribution in [0.4, 0.5) is 5.13 Å². The van der Waals surface area contributed by atoms with E-state index in [0.29, 0.717) is 0 Å². The zero-order valence-electron chi connectivity index (χ0n) is 13.5. The summed E-state index contributed by atoms with van der Waals surface area (Å²) in [7, 11) is 0. The molecule has 1 N–H and O–H groups in total. The highest BCUT2D eigenvalue weighted by molar-refractivity contribution is 7.15. The highest BCUT2D eigenvalue weighted by Crippen LogP contribution is 2.30. The second kappa shape index (κ2) is 6.75. The Morgan fingerprint density at radius 1 is 1.00 bits per heavy atom. The van der Waals surface area contributed by atoms with Gasteiger partial charge < -0.3 is 0 Å². The van der Waals surface area contributed by atoms with Crippen LogP contribution in [0.1, 0.15) is 22.9 Å². The zero-order valence-corrected chi connectivity index (χ0v) is 14.3. The molecule has 0 saturated carbocycles. The first kappa shape index (κ1) is 15.4. The third kappa shape index (κ3) is 3.66. The number of nitrogens with one attached hydrogen (secondary N) is 1. The van der Waals surface area contributed by atoms with Crippen molar-refractivity contribution in [2.24, 2.45) is 5.10 Å². The van der Waals surface area contributed by atoms with E-state index in [4.69, 9.17) is 0 Å². The van der Waals surface area contributed by atoms with Crippen LogP contribution < -0.4 is 5.43 Å². The van der Waals surface area contributed by atoms with Crippen LogP contribution >= 0.6 is 11.3 Å². The fourth-order valence-electron chi connectivity index (χ4n) is 2.30. The monoisotopic (exact) mass is 321 g/mol. The SMILES string of the molecule is CC(=NNc1nc(-c2ccccc2)c(C)s1)c1ccc(C)cc1. The van der Waals surface area contributed by atoms with Gasteiger partial charge in [0.15, 0.2) is 0 Å². The number of nitrogens with zero attached hydrogens (tertiary/aromatic N) is 2. The first-order valence-electron chi connectivity index (χ1n) is 7.53. The van der Waals surface area contributed by atoms with E-state index in [2.05, 4.69) is 65.8 Å². The highest BCUT2D eigenvalue weighted by Gasteiger charge is 2.09. The number of thiazole rings is 1. The van der Waals surface area contributed by atoms with Gasteiger partial charge in [-0.05, 0) is 26.3 Å². The van der Waals surface area contributed by atoms with Gasteiger partial charge in [0, 0.05) is 10.4 Å². The lowest BCUT2D eigenvalue weighted by molar-refractivity contribution is 1.26. The van der Waals surface area contributed by atoms with E-state index in [1.807, 2.05) is 25.1 Å². The molecular formula is C19H19N3S. The van der Waals surface area contributed by atoms with Gasteiger partial charge in [-0.15, -0.1) is 11.3 Å². The van der Waals surface area contributed by atoms with Gasteiger partial charge in [-0.2, -0.15) is 5.10 Å². The van der Waals surface area contributed by atoms with Gasteiger partial charge in [0.1, 0.15) is 0 Å². The summed E-state index contributed by atoms with van der Waals surface area (Å²) in [6, 6.07) is 18.6. The molecule has 0 radical (unpaired) electrons. The Balaban J connectivity index is 1.79. The summed E-state index contributed by atoms with van der Waals surface area (Å²) in [5, 5.41) is 5.27. The molecule has 3 rings (SSSR count). The molecule has 3 nitrogen and oxygen atoms in total. The van der Waals surface area contributed by atoms with Crippen LogP contribution in [0.3, 0.4) is 0 Å². The van der Waals surface area contributed by atoms with Gasteiger partial charge in [0.2, 0.25) is 5.13 Å². The first-order valence-corrected chi connectivity index (χ1v) is 8.35. The highest BCUT2D eigenvalue weighted by atomic mass is 32.1. The summed E-state index contributed by atoms with van der Waals surface area (Å²) in [6.45, 7) is 6.16. The lowest BCUT2D eigenvalue weighted by atomic mass is 10.1. The summed E-state index contributed by atoms with van der Waals surface area (Å²) >= 11 is 1.62. The van der Waals surface area contributed by atoms with Crippen molar-refractivity contribution < 1.29 is 0 Å². The van der Waals surface area contributed by atoms with Crippen molar-refractivity contribution in [3.05, 3.63) is 70.6 Å². The number of aryl methyl sites for hydroxylation is 2. The second-order valence-corrected chi connectivity index (χ2v) is 6.67. The summed E-state index contributed by atoms with van der Waals surface area (Å²) in [6.07, 6.45) is 0. The minimum absolute atomic E-state index is 0.813.